The van der Waals surface area contributed by atoms with Gasteiger partial charge in [0.1, 0.15) is 0 Å². The fraction of sp³-hybridized carbons (Fsp3) is 0.750. The first kappa shape index (κ1) is 11.3. The average molecular weight is 195 g/mol. The molecule has 2 heteroatoms. The van der Waals surface area contributed by atoms with Crippen LogP contribution in [0.25, 0.3) is 0 Å². The van der Waals surface area contributed by atoms with Crippen molar-refractivity contribution in [2.45, 2.75) is 45.4 Å². The van der Waals surface area contributed by atoms with Crippen molar-refractivity contribution in [2.75, 3.05) is 13.1 Å². The Morgan fingerprint density at radius 3 is 2.64 bits per heavy atom. The van der Waals surface area contributed by atoms with Crippen molar-refractivity contribution < 1.29 is 4.79 Å². The Labute approximate surface area is 87.0 Å². The number of ketones is 1. The molecule has 0 saturated carbocycles. The van der Waals surface area contributed by atoms with Crippen LogP contribution in [-0.2, 0) is 4.79 Å². The zero-order chi connectivity index (χ0) is 10.2. The highest BCUT2D eigenvalue weighted by atomic mass is 16.1. The lowest BCUT2D eigenvalue weighted by molar-refractivity contribution is -0.114. The predicted octanol–water partition coefficient (Wildman–Crippen LogP) is 2.75. The molecule has 2 nitrogen and oxygen atoms in total. The van der Waals surface area contributed by atoms with Crippen LogP contribution >= 0.6 is 0 Å². The first-order chi connectivity index (χ1) is 6.83. The molecule has 0 amide bonds. The first-order valence-corrected chi connectivity index (χ1v) is 5.78. The zero-order valence-electron chi connectivity index (χ0n) is 9.17. The van der Waals surface area contributed by atoms with Gasteiger partial charge >= 0.3 is 0 Å². The summed E-state index contributed by atoms with van der Waals surface area (Å²) in [6.45, 7) is 4.40. The van der Waals surface area contributed by atoms with E-state index in [0.29, 0.717) is 0 Å². The summed E-state index contributed by atoms with van der Waals surface area (Å²) < 4.78 is 0. The Bertz CT molecular complexity index is 192. The van der Waals surface area contributed by atoms with Gasteiger partial charge in [-0.3, -0.25) is 4.79 Å². The van der Waals surface area contributed by atoms with E-state index in [4.69, 9.17) is 0 Å². The summed E-state index contributed by atoms with van der Waals surface area (Å²) in [7, 11) is 0. The smallest absolute Gasteiger partial charge is 0.157 e. The van der Waals surface area contributed by atoms with Gasteiger partial charge in [0.05, 0.1) is 0 Å². The number of carbonyl (C=O) groups is 1. The Morgan fingerprint density at radius 2 is 2.00 bits per heavy atom. The lowest BCUT2D eigenvalue weighted by Gasteiger charge is -2.09. The van der Waals surface area contributed by atoms with Crippen molar-refractivity contribution >= 4 is 5.78 Å². The van der Waals surface area contributed by atoms with Gasteiger partial charge in [-0.05, 0) is 25.3 Å². The second-order valence-corrected chi connectivity index (χ2v) is 3.98. The molecule has 0 atom stereocenters. The molecule has 1 heterocycles. The predicted molar refractivity (Wildman–Crippen MR) is 59.1 cm³/mol. The van der Waals surface area contributed by atoms with Crippen molar-refractivity contribution in [3.8, 4) is 0 Å². The number of hydrogen-bond donors (Lipinski definition) is 0. The van der Waals surface area contributed by atoms with Crippen molar-refractivity contribution in [3.05, 3.63) is 12.3 Å². The quantitative estimate of drug-likeness (QED) is 0.480. The number of hydrogen-bond acceptors (Lipinski definition) is 2. The molecule has 0 aromatic carbocycles. The lowest BCUT2D eigenvalue weighted by Crippen LogP contribution is -2.11. The fourth-order valence-electron chi connectivity index (χ4n) is 1.71. The summed E-state index contributed by atoms with van der Waals surface area (Å²) in [4.78, 5) is 13.6. The molecule has 1 aliphatic rings. The van der Waals surface area contributed by atoms with Gasteiger partial charge in [-0.25, -0.2) is 0 Å². The third-order valence-electron chi connectivity index (χ3n) is 2.64. The van der Waals surface area contributed by atoms with Gasteiger partial charge in [-0.15, -0.1) is 0 Å². The van der Waals surface area contributed by atoms with E-state index in [-0.39, 0.29) is 5.78 Å². The van der Waals surface area contributed by atoms with Gasteiger partial charge in [0.2, 0.25) is 0 Å². The zero-order valence-corrected chi connectivity index (χ0v) is 9.17. The van der Waals surface area contributed by atoms with E-state index in [1.165, 1.54) is 25.7 Å². The van der Waals surface area contributed by atoms with Crippen LogP contribution in [-0.4, -0.2) is 23.8 Å². The first-order valence-electron chi connectivity index (χ1n) is 5.78. The summed E-state index contributed by atoms with van der Waals surface area (Å²) in [5, 5.41) is 0. The van der Waals surface area contributed by atoms with Crippen molar-refractivity contribution in [1.82, 2.24) is 4.90 Å². The topological polar surface area (TPSA) is 20.3 Å². The van der Waals surface area contributed by atoms with Gasteiger partial charge in [-0.2, -0.15) is 0 Å². The van der Waals surface area contributed by atoms with E-state index in [2.05, 4.69) is 11.8 Å². The third-order valence-corrected chi connectivity index (χ3v) is 2.64. The molecular formula is C12H21NO. The maximum atomic E-state index is 11.4. The molecule has 80 valence electrons. The van der Waals surface area contributed by atoms with E-state index < -0.39 is 0 Å². The van der Waals surface area contributed by atoms with E-state index in [0.717, 1.165) is 25.9 Å². The minimum Gasteiger partial charge on any atom is -0.377 e. The molecule has 0 spiro atoms. The van der Waals surface area contributed by atoms with Crippen molar-refractivity contribution in [1.29, 1.82) is 0 Å². The molecule has 1 fully saturated rings. The number of likely N-dealkylation sites (tertiary alicyclic amines) is 1. The van der Waals surface area contributed by atoms with E-state index >= 15 is 0 Å². The van der Waals surface area contributed by atoms with E-state index in [1.807, 2.05) is 6.20 Å². The summed E-state index contributed by atoms with van der Waals surface area (Å²) in [6, 6.07) is 0. The Kier molecular flexibility index (Phi) is 5.35. The summed E-state index contributed by atoms with van der Waals surface area (Å²) in [5.41, 5.74) is 0. The third kappa shape index (κ3) is 4.45. The normalized spacial score (nSPS) is 16.8. The molecule has 1 rings (SSSR count). The molecule has 0 aromatic rings. The highest BCUT2D eigenvalue weighted by Crippen LogP contribution is 2.08. The van der Waals surface area contributed by atoms with Crippen LogP contribution in [0.15, 0.2) is 12.3 Å². The van der Waals surface area contributed by atoms with E-state index in [9.17, 15) is 4.79 Å². The standard InChI is InChI=1S/C12H21NO/c1-2-3-4-7-12(14)8-11-13-9-5-6-10-13/h8,11H,2-7,9-10H2,1H3. The monoisotopic (exact) mass is 195 g/mol. The largest absolute Gasteiger partial charge is 0.377 e. The minimum atomic E-state index is 0.283. The van der Waals surface area contributed by atoms with Gasteiger partial charge < -0.3 is 4.90 Å². The molecule has 0 aromatic heterocycles. The fourth-order valence-corrected chi connectivity index (χ4v) is 1.71. The Morgan fingerprint density at radius 1 is 1.29 bits per heavy atom. The number of rotatable bonds is 6. The lowest BCUT2D eigenvalue weighted by atomic mass is 10.1. The average Bonchev–Trinajstić information content (AvgIpc) is 2.68. The molecular weight excluding hydrogens is 174 g/mol. The SMILES string of the molecule is CCCCCC(=O)C=CN1CCCC1. The molecule has 14 heavy (non-hydrogen) atoms. The summed E-state index contributed by atoms with van der Waals surface area (Å²) in [5.74, 6) is 0.283. The van der Waals surface area contributed by atoms with Crippen LogP contribution in [0, 0.1) is 0 Å². The Hall–Kier alpha value is -0.790. The van der Waals surface area contributed by atoms with Gasteiger partial charge in [0, 0.05) is 25.7 Å². The molecule has 1 aliphatic heterocycles. The number of carbonyl (C=O) groups excluding carboxylic acids is 1. The molecule has 0 bridgehead atoms. The molecule has 0 unspecified atom stereocenters. The van der Waals surface area contributed by atoms with Crippen molar-refractivity contribution in [2.24, 2.45) is 0 Å². The Balaban J connectivity index is 2.12. The number of nitrogens with zero attached hydrogens (tertiary/aromatic N) is 1. The highest BCUT2D eigenvalue weighted by molar-refractivity contribution is 5.89. The van der Waals surface area contributed by atoms with Gasteiger partial charge in [-0.1, -0.05) is 19.8 Å². The maximum Gasteiger partial charge on any atom is 0.157 e. The van der Waals surface area contributed by atoms with Crippen molar-refractivity contribution in [3.63, 3.8) is 0 Å². The van der Waals surface area contributed by atoms with Crippen LogP contribution in [0.1, 0.15) is 45.4 Å². The van der Waals surface area contributed by atoms with Crippen LogP contribution < -0.4 is 0 Å². The number of unbranched alkanes of at least 4 members (excludes halogenated alkanes) is 2. The van der Waals surface area contributed by atoms with Gasteiger partial charge in [0.25, 0.3) is 0 Å². The van der Waals surface area contributed by atoms with Crippen LogP contribution in [0.4, 0.5) is 0 Å². The highest BCUT2D eigenvalue weighted by Gasteiger charge is 2.06. The van der Waals surface area contributed by atoms with Crippen LogP contribution in [0.5, 0.6) is 0 Å². The maximum absolute atomic E-state index is 11.4. The van der Waals surface area contributed by atoms with E-state index in [1.54, 1.807) is 6.08 Å². The van der Waals surface area contributed by atoms with Gasteiger partial charge in [0.15, 0.2) is 5.78 Å². The molecule has 1 saturated heterocycles. The second-order valence-electron chi connectivity index (χ2n) is 3.98. The summed E-state index contributed by atoms with van der Waals surface area (Å²) >= 11 is 0. The summed E-state index contributed by atoms with van der Waals surface area (Å²) in [6.07, 6.45) is 10.4. The minimum absolute atomic E-state index is 0.283. The second kappa shape index (κ2) is 6.63. The van der Waals surface area contributed by atoms with Crippen LogP contribution in [0.2, 0.25) is 0 Å². The number of allylic oxidation sites excluding steroid dienone is 1. The molecule has 0 aliphatic carbocycles. The van der Waals surface area contributed by atoms with Crippen LogP contribution in [0.3, 0.4) is 0 Å². The molecule has 0 N–H and O–H groups in total. The molecule has 0 radical (unpaired) electrons.